The van der Waals surface area contributed by atoms with Crippen LogP contribution in [0.3, 0.4) is 0 Å². The number of sulfonamides is 1. The largest absolute Gasteiger partial charge is 0.469 e. The zero-order chi connectivity index (χ0) is 13.3. The fourth-order valence-corrected chi connectivity index (χ4v) is 2.14. The third kappa shape index (κ3) is 6.21. The molecule has 8 heteroatoms. The van der Waals surface area contributed by atoms with Crippen LogP contribution >= 0.6 is 0 Å². The standard InChI is InChI=1S/C9H16N2O5S/c1-15-7-6-11(5-3-9(12)16-2)17(13,14)8-4-10/h3,5-8H2,1-2H3. The molecule has 0 saturated heterocycles. The number of rotatable bonds is 8. The van der Waals surface area contributed by atoms with Gasteiger partial charge in [-0.15, -0.1) is 0 Å². The van der Waals surface area contributed by atoms with Gasteiger partial charge >= 0.3 is 5.97 Å². The molecule has 0 bridgehead atoms. The number of nitrogens with zero attached hydrogens (tertiary/aromatic N) is 2. The Hall–Kier alpha value is -1.17. The molecule has 0 aliphatic heterocycles. The van der Waals surface area contributed by atoms with Crippen molar-refractivity contribution in [3.8, 4) is 6.07 Å². The van der Waals surface area contributed by atoms with Crippen molar-refractivity contribution < 1.29 is 22.7 Å². The van der Waals surface area contributed by atoms with Crippen LogP contribution in [0.2, 0.25) is 0 Å². The van der Waals surface area contributed by atoms with Crippen molar-refractivity contribution in [1.82, 2.24) is 4.31 Å². The Labute approximate surface area is 101 Å². The molecule has 0 aromatic rings. The van der Waals surface area contributed by atoms with Crippen molar-refractivity contribution in [3.63, 3.8) is 0 Å². The summed E-state index contributed by atoms with van der Waals surface area (Å²) in [6, 6.07) is 1.58. The summed E-state index contributed by atoms with van der Waals surface area (Å²) in [7, 11) is -0.996. The van der Waals surface area contributed by atoms with Crippen LogP contribution < -0.4 is 0 Å². The lowest BCUT2D eigenvalue weighted by atomic mass is 10.4. The second kappa shape index (κ2) is 8.00. The zero-order valence-electron chi connectivity index (χ0n) is 9.88. The molecule has 98 valence electrons. The fourth-order valence-electron chi connectivity index (χ4n) is 1.07. The summed E-state index contributed by atoms with van der Waals surface area (Å²) in [5.41, 5.74) is 0. The van der Waals surface area contributed by atoms with Crippen LogP contribution in [0.15, 0.2) is 0 Å². The molecule has 0 N–H and O–H groups in total. The van der Waals surface area contributed by atoms with Crippen LogP contribution in [-0.2, 0) is 24.3 Å². The number of hydrogen-bond donors (Lipinski definition) is 0. The van der Waals surface area contributed by atoms with Crippen LogP contribution in [0.4, 0.5) is 0 Å². The fraction of sp³-hybridized carbons (Fsp3) is 0.778. The molecule has 0 atom stereocenters. The summed E-state index contributed by atoms with van der Waals surface area (Å²) in [6.45, 7) is 0.295. The summed E-state index contributed by atoms with van der Waals surface area (Å²) >= 11 is 0. The van der Waals surface area contributed by atoms with Crippen LogP contribution in [0.1, 0.15) is 6.42 Å². The molecule has 0 heterocycles. The van der Waals surface area contributed by atoms with Gasteiger partial charge < -0.3 is 9.47 Å². The Kier molecular flexibility index (Phi) is 7.45. The van der Waals surface area contributed by atoms with E-state index in [1.54, 1.807) is 6.07 Å². The Balaban J connectivity index is 4.54. The van der Waals surface area contributed by atoms with Gasteiger partial charge in [0.1, 0.15) is 0 Å². The van der Waals surface area contributed by atoms with Crippen molar-refractivity contribution in [3.05, 3.63) is 0 Å². The molecular weight excluding hydrogens is 248 g/mol. The number of ether oxygens (including phenoxy) is 2. The van der Waals surface area contributed by atoms with Gasteiger partial charge in [-0.1, -0.05) is 0 Å². The third-order valence-electron chi connectivity index (χ3n) is 1.98. The van der Waals surface area contributed by atoms with Crippen LogP contribution in [0, 0.1) is 11.3 Å². The first-order chi connectivity index (χ1) is 7.97. The maximum absolute atomic E-state index is 11.6. The number of nitriles is 1. The maximum atomic E-state index is 11.6. The summed E-state index contributed by atoms with van der Waals surface area (Å²) < 4.78 is 33.5. The molecule has 0 aromatic carbocycles. The van der Waals surface area contributed by atoms with Gasteiger partial charge in [0, 0.05) is 20.2 Å². The minimum absolute atomic E-state index is 0.0138. The summed E-state index contributed by atoms with van der Waals surface area (Å²) in [4.78, 5) is 10.9. The molecule has 0 radical (unpaired) electrons. The highest BCUT2D eigenvalue weighted by atomic mass is 32.2. The van der Waals surface area contributed by atoms with Gasteiger partial charge in [-0.2, -0.15) is 9.57 Å². The topological polar surface area (TPSA) is 96.7 Å². The lowest BCUT2D eigenvalue weighted by molar-refractivity contribution is -0.140. The minimum atomic E-state index is -3.66. The molecule has 0 fully saturated rings. The molecule has 0 aliphatic rings. The Morgan fingerprint density at radius 1 is 1.35 bits per heavy atom. The molecule has 0 unspecified atom stereocenters. The second-order valence-corrected chi connectivity index (χ2v) is 5.10. The van der Waals surface area contributed by atoms with E-state index in [1.807, 2.05) is 0 Å². The Morgan fingerprint density at radius 3 is 2.47 bits per heavy atom. The number of esters is 1. The van der Waals surface area contributed by atoms with Crippen molar-refractivity contribution in [2.24, 2.45) is 0 Å². The van der Waals surface area contributed by atoms with E-state index in [1.165, 1.54) is 14.2 Å². The normalized spacial score (nSPS) is 11.2. The van der Waals surface area contributed by atoms with Crippen LogP contribution in [0.25, 0.3) is 0 Å². The van der Waals surface area contributed by atoms with Gasteiger partial charge in [-0.05, 0) is 0 Å². The van der Waals surface area contributed by atoms with E-state index >= 15 is 0 Å². The number of methoxy groups -OCH3 is 2. The first-order valence-electron chi connectivity index (χ1n) is 4.88. The van der Waals surface area contributed by atoms with E-state index in [2.05, 4.69) is 4.74 Å². The third-order valence-corrected chi connectivity index (χ3v) is 3.62. The van der Waals surface area contributed by atoms with E-state index in [0.29, 0.717) is 0 Å². The van der Waals surface area contributed by atoms with Gasteiger partial charge in [-0.3, -0.25) is 4.79 Å². The second-order valence-electron chi connectivity index (χ2n) is 3.13. The monoisotopic (exact) mass is 264 g/mol. The SMILES string of the molecule is COCCN(CCC(=O)OC)S(=O)(=O)CC#N. The predicted octanol–water partition coefficient (Wildman–Crippen LogP) is -0.649. The molecule has 0 saturated carbocycles. The summed E-state index contributed by atoms with van der Waals surface area (Å²) in [6.07, 6.45) is -0.0507. The van der Waals surface area contributed by atoms with Crippen molar-refractivity contribution >= 4 is 16.0 Å². The molecule has 0 spiro atoms. The summed E-state index contributed by atoms with van der Waals surface area (Å²) in [5, 5.41) is 8.42. The maximum Gasteiger partial charge on any atom is 0.306 e. The van der Waals surface area contributed by atoms with Crippen molar-refractivity contribution in [2.45, 2.75) is 6.42 Å². The average molecular weight is 264 g/mol. The van der Waals surface area contributed by atoms with Crippen LogP contribution in [-0.4, -0.2) is 58.4 Å². The lowest BCUT2D eigenvalue weighted by Gasteiger charge is -2.19. The number of hydrogen-bond acceptors (Lipinski definition) is 6. The predicted molar refractivity (Wildman–Crippen MR) is 59.5 cm³/mol. The molecule has 7 nitrogen and oxygen atoms in total. The highest BCUT2D eigenvalue weighted by Gasteiger charge is 2.22. The van der Waals surface area contributed by atoms with E-state index in [9.17, 15) is 13.2 Å². The van der Waals surface area contributed by atoms with Gasteiger partial charge in [-0.25, -0.2) is 8.42 Å². The molecule has 0 aliphatic carbocycles. The van der Waals surface area contributed by atoms with Gasteiger partial charge in [0.15, 0.2) is 5.75 Å². The van der Waals surface area contributed by atoms with Crippen molar-refractivity contribution in [1.29, 1.82) is 5.26 Å². The summed E-state index contributed by atoms with van der Waals surface area (Å²) in [5.74, 6) is -1.11. The highest BCUT2D eigenvalue weighted by Crippen LogP contribution is 2.03. The Bertz CT molecular complexity index is 373. The zero-order valence-corrected chi connectivity index (χ0v) is 10.7. The number of carbonyl (C=O) groups excluding carboxylic acids is 1. The highest BCUT2D eigenvalue weighted by molar-refractivity contribution is 7.89. The lowest BCUT2D eigenvalue weighted by Crippen LogP contribution is -2.37. The van der Waals surface area contributed by atoms with E-state index in [0.717, 1.165) is 4.31 Å². The Morgan fingerprint density at radius 2 is 2.00 bits per heavy atom. The molecular formula is C9H16N2O5S. The number of carbonyl (C=O) groups is 1. The van der Waals surface area contributed by atoms with Crippen LogP contribution in [0.5, 0.6) is 0 Å². The first-order valence-corrected chi connectivity index (χ1v) is 6.49. The van der Waals surface area contributed by atoms with Gasteiger partial charge in [0.2, 0.25) is 10.0 Å². The average Bonchev–Trinajstić information content (AvgIpc) is 2.28. The van der Waals surface area contributed by atoms with E-state index < -0.39 is 21.7 Å². The van der Waals surface area contributed by atoms with E-state index in [4.69, 9.17) is 10.00 Å². The van der Waals surface area contributed by atoms with E-state index in [-0.39, 0.29) is 26.1 Å². The van der Waals surface area contributed by atoms with Gasteiger partial charge in [0.25, 0.3) is 0 Å². The van der Waals surface area contributed by atoms with Gasteiger partial charge in [0.05, 0.1) is 26.2 Å². The molecule has 0 aromatic heterocycles. The quantitative estimate of drug-likeness (QED) is 0.540. The first kappa shape index (κ1) is 15.8. The smallest absolute Gasteiger partial charge is 0.306 e. The van der Waals surface area contributed by atoms with Crippen molar-refractivity contribution in [2.75, 3.05) is 39.7 Å². The molecule has 17 heavy (non-hydrogen) atoms. The molecule has 0 rings (SSSR count). The minimum Gasteiger partial charge on any atom is -0.469 e. The molecule has 0 amide bonds.